The quantitative estimate of drug-likeness (QED) is 0.805. The number of aliphatic hydroxyl groups is 1. The Morgan fingerprint density at radius 1 is 1.36 bits per heavy atom. The lowest BCUT2D eigenvalue weighted by Gasteiger charge is -2.15. The van der Waals surface area contributed by atoms with Crippen LogP contribution in [0.2, 0.25) is 0 Å². The zero-order valence-electron chi connectivity index (χ0n) is 12.4. The van der Waals surface area contributed by atoms with Gasteiger partial charge in [-0.2, -0.15) is 0 Å². The Morgan fingerprint density at radius 2 is 2.18 bits per heavy atom. The highest BCUT2D eigenvalue weighted by atomic mass is 16.3. The highest BCUT2D eigenvalue weighted by Crippen LogP contribution is 2.33. The standard InChI is InChI=1S/C18H20N2O2/c21-12-10-16(14-5-6-14)20-18(22)8-7-13-9-11-19-17-4-2-1-3-15(13)17/h1-4,7-9,11,14,16,21H,5-6,10,12H2,(H,20,22)/b8-7+. The van der Waals surface area contributed by atoms with E-state index in [0.717, 1.165) is 29.3 Å². The number of benzene rings is 1. The number of pyridine rings is 1. The minimum Gasteiger partial charge on any atom is -0.396 e. The Balaban J connectivity index is 1.70. The lowest BCUT2D eigenvalue weighted by Crippen LogP contribution is -2.36. The van der Waals surface area contributed by atoms with Gasteiger partial charge in [-0.25, -0.2) is 0 Å². The molecule has 1 heterocycles. The van der Waals surface area contributed by atoms with Crippen LogP contribution < -0.4 is 5.32 Å². The molecule has 4 nitrogen and oxygen atoms in total. The fourth-order valence-corrected chi connectivity index (χ4v) is 2.72. The SMILES string of the molecule is O=C(/C=C/c1ccnc2ccccc12)NC(CCO)C1CC1. The van der Waals surface area contributed by atoms with Gasteiger partial charge in [0, 0.05) is 30.3 Å². The summed E-state index contributed by atoms with van der Waals surface area (Å²) in [6.45, 7) is 0.111. The normalized spacial score (nSPS) is 16.0. The summed E-state index contributed by atoms with van der Waals surface area (Å²) in [6.07, 6.45) is 8.05. The molecule has 0 saturated heterocycles. The molecule has 1 saturated carbocycles. The molecule has 1 fully saturated rings. The second-order valence-electron chi connectivity index (χ2n) is 5.72. The maximum Gasteiger partial charge on any atom is 0.244 e. The molecule has 1 aliphatic carbocycles. The number of hydrogen-bond acceptors (Lipinski definition) is 3. The van der Waals surface area contributed by atoms with Gasteiger partial charge in [-0.3, -0.25) is 9.78 Å². The van der Waals surface area contributed by atoms with Crippen LogP contribution in [0, 0.1) is 5.92 Å². The van der Waals surface area contributed by atoms with Crippen LogP contribution in [0.3, 0.4) is 0 Å². The summed E-state index contributed by atoms with van der Waals surface area (Å²) in [5.74, 6) is 0.428. The van der Waals surface area contributed by atoms with Crippen molar-refractivity contribution in [1.82, 2.24) is 10.3 Å². The number of carbonyl (C=O) groups is 1. The average Bonchev–Trinajstić information content (AvgIpc) is 3.37. The van der Waals surface area contributed by atoms with Crippen LogP contribution >= 0.6 is 0 Å². The zero-order chi connectivity index (χ0) is 15.4. The first-order valence-electron chi connectivity index (χ1n) is 7.71. The average molecular weight is 296 g/mol. The second-order valence-corrected chi connectivity index (χ2v) is 5.72. The van der Waals surface area contributed by atoms with Crippen molar-refractivity contribution in [2.24, 2.45) is 5.92 Å². The molecule has 114 valence electrons. The first-order valence-corrected chi connectivity index (χ1v) is 7.71. The van der Waals surface area contributed by atoms with Crippen molar-refractivity contribution in [1.29, 1.82) is 0 Å². The minimum absolute atomic E-state index is 0.0938. The molecule has 2 aromatic rings. The molecule has 1 aromatic heterocycles. The maximum absolute atomic E-state index is 12.1. The highest BCUT2D eigenvalue weighted by Gasteiger charge is 2.31. The van der Waals surface area contributed by atoms with Crippen LogP contribution in [0.25, 0.3) is 17.0 Å². The van der Waals surface area contributed by atoms with Crippen LogP contribution in [0.15, 0.2) is 42.6 Å². The van der Waals surface area contributed by atoms with E-state index >= 15 is 0 Å². The zero-order valence-corrected chi connectivity index (χ0v) is 12.4. The van der Waals surface area contributed by atoms with Gasteiger partial charge in [0.1, 0.15) is 0 Å². The number of para-hydroxylation sites is 1. The van der Waals surface area contributed by atoms with E-state index in [1.807, 2.05) is 36.4 Å². The van der Waals surface area contributed by atoms with E-state index in [2.05, 4.69) is 10.3 Å². The van der Waals surface area contributed by atoms with Gasteiger partial charge in [-0.05, 0) is 49.0 Å². The van der Waals surface area contributed by atoms with Crippen molar-refractivity contribution < 1.29 is 9.90 Å². The molecule has 1 aliphatic rings. The number of nitrogens with zero attached hydrogens (tertiary/aromatic N) is 1. The molecule has 0 bridgehead atoms. The van der Waals surface area contributed by atoms with Crippen LogP contribution in [0.1, 0.15) is 24.8 Å². The monoisotopic (exact) mass is 296 g/mol. The topological polar surface area (TPSA) is 62.2 Å². The van der Waals surface area contributed by atoms with Crippen LogP contribution in [0.5, 0.6) is 0 Å². The van der Waals surface area contributed by atoms with Gasteiger partial charge < -0.3 is 10.4 Å². The van der Waals surface area contributed by atoms with Crippen LogP contribution in [-0.4, -0.2) is 28.6 Å². The molecule has 0 radical (unpaired) electrons. The van der Waals surface area contributed by atoms with Crippen molar-refractivity contribution in [3.8, 4) is 0 Å². The van der Waals surface area contributed by atoms with Gasteiger partial charge in [0.15, 0.2) is 0 Å². The molecule has 1 amide bonds. The van der Waals surface area contributed by atoms with Crippen molar-refractivity contribution in [2.75, 3.05) is 6.61 Å². The Morgan fingerprint density at radius 3 is 2.95 bits per heavy atom. The van der Waals surface area contributed by atoms with Gasteiger partial charge >= 0.3 is 0 Å². The van der Waals surface area contributed by atoms with Crippen molar-refractivity contribution in [2.45, 2.75) is 25.3 Å². The van der Waals surface area contributed by atoms with Crippen molar-refractivity contribution in [3.63, 3.8) is 0 Å². The molecule has 0 spiro atoms. The number of aromatic nitrogens is 1. The minimum atomic E-state index is -0.105. The number of carbonyl (C=O) groups excluding carboxylic acids is 1. The smallest absolute Gasteiger partial charge is 0.244 e. The highest BCUT2D eigenvalue weighted by molar-refractivity contribution is 5.95. The van der Waals surface area contributed by atoms with Crippen molar-refractivity contribution in [3.05, 3.63) is 48.2 Å². The molecule has 1 aromatic carbocycles. The van der Waals surface area contributed by atoms with E-state index < -0.39 is 0 Å². The first-order chi connectivity index (χ1) is 10.8. The number of hydrogen-bond donors (Lipinski definition) is 2. The first kappa shape index (κ1) is 14.7. The Hall–Kier alpha value is -2.20. The molecule has 4 heteroatoms. The third kappa shape index (κ3) is 3.52. The summed E-state index contributed by atoms with van der Waals surface area (Å²) in [7, 11) is 0. The number of aliphatic hydroxyl groups excluding tert-OH is 1. The molecule has 1 unspecified atom stereocenters. The summed E-state index contributed by atoms with van der Waals surface area (Å²) in [5.41, 5.74) is 1.90. The molecular formula is C18H20N2O2. The van der Waals surface area contributed by atoms with Crippen molar-refractivity contribution >= 4 is 22.9 Å². The van der Waals surface area contributed by atoms with E-state index in [1.165, 1.54) is 0 Å². The summed E-state index contributed by atoms with van der Waals surface area (Å²) in [4.78, 5) is 16.4. The molecule has 3 rings (SSSR count). The molecule has 1 atom stereocenters. The summed E-state index contributed by atoms with van der Waals surface area (Å²) in [6, 6.07) is 9.86. The van der Waals surface area contributed by atoms with Gasteiger partial charge in [-0.15, -0.1) is 0 Å². The summed E-state index contributed by atoms with van der Waals surface area (Å²) >= 11 is 0. The predicted molar refractivity (Wildman–Crippen MR) is 87.1 cm³/mol. The molecule has 0 aliphatic heterocycles. The van der Waals surface area contributed by atoms with E-state index in [1.54, 1.807) is 12.3 Å². The summed E-state index contributed by atoms with van der Waals surface area (Å²) < 4.78 is 0. The largest absolute Gasteiger partial charge is 0.396 e. The Bertz CT molecular complexity index is 687. The molecule has 22 heavy (non-hydrogen) atoms. The van der Waals surface area contributed by atoms with Gasteiger partial charge in [0.25, 0.3) is 0 Å². The number of nitrogens with one attached hydrogen (secondary N) is 1. The number of fused-ring (bicyclic) bond motifs is 1. The van der Waals surface area contributed by atoms with E-state index in [4.69, 9.17) is 5.11 Å². The summed E-state index contributed by atoms with van der Waals surface area (Å²) in [5, 5.41) is 13.1. The van der Waals surface area contributed by atoms with Gasteiger partial charge in [0.05, 0.1) is 5.52 Å². The van der Waals surface area contributed by atoms with Gasteiger partial charge in [0.2, 0.25) is 5.91 Å². The number of amides is 1. The Labute approximate surface area is 129 Å². The number of rotatable bonds is 6. The predicted octanol–water partition coefficient (Wildman–Crippen LogP) is 2.53. The third-order valence-corrected chi connectivity index (χ3v) is 4.06. The van der Waals surface area contributed by atoms with Gasteiger partial charge in [-0.1, -0.05) is 18.2 Å². The molecule has 2 N–H and O–H groups in total. The third-order valence-electron chi connectivity index (χ3n) is 4.06. The lowest BCUT2D eigenvalue weighted by molar-refractivity contribution is -0.117. The lowest BCUT2D eigenvalue weighted by atomic mass is 10.1. The molecular weight excluding hydrogens is 276 g/mol. The maximum atomic E-state index is 12.1. The van der Waals surface area contributed by atoms with E-state index in [9.17, 15) is 4.79 Å². The second kappa shape index (κ2) is 6.71. The van der Waals surface area contributed by atoms with E-state index in [-0.39, 0.29) is 18.6 Å². The fraction of sp³-hybridized carbons (Fsp3) is 0.333. The van der Waals surface area contributed by atoms with E-state index in [0.29, 0.717) is 12.3 Å². The fourth-order valence-electron chi connectivity index (χ4n) is 2.72. The van der Waals surface area contributed by atoms with Crippen LogP contribution in [0.4, 0.5) is 0 Å². The van der Waals surface area contributed by atoms with Crippen LogP contribution in [-0.2, 0) is 4.79 Å². The Kier molecular flexibility index (Phi) is 4.49.